The molecule has 3 heterocycles. The van der Waals surface area contributed by atoms with Crippen LogP contribution in [0.4, 0.5) is 0 Å². The minimum absolute atomic E-state index is 0.00364. The lowest BCUT2D eigenvalue weighted by Gasteiger charge is -2.17. The van der Waals surface area contributed by atoms with Crippen LogP contribution in [0.1, 0.15) is 194 Å². The van der Waals surface area contributed by atoms with Crippen molar-refractivity contribution in [2.75, 3.05) is 112 Å². The van der Waals surface area contributed by atoms with Crippen molar-refractivity contribution in [2.24, 2.45) is 17.2 Å². The molecule has 3 fully saturated rings. The van der Waals surface area contributed by atoms with Gasteiger partial charge in [-0.3, -0.25) is 123 Å². The van der Waals surface area contributed by atoms with Gasteiger partial charge >= 0.3 is 17.9 Å². The fraction of sp³-hybridized carbons (Fsp3) is 0.699. The molecule has 0 aromatic carbocycles. The first-order valence-electron chi connectivity index (χ1n) is 39.4. The minimum atomic E-state index is -0.838. The number of Topliss-reactive ketones (excluding diaryl/α,β-unsaturated/α-hetero) is 6. The molecule has 0 radical (unpaired) electrons. The molecule has 4 atom stereocenters. The molecule has 45 nitrogen and oxygen atoms in total. The predicted octanol–water partition coefficient (Wildman–Crippen LogP) is -6.76. The van der Waals surface area contributed by atoms with Crippen LogP contribution in [0, 0.1) is 0 Å². The molecule has 0 aromatic heterocycles. The van der Waals surface area contributed by atoms with Crippen LogP contribution in [0.5, 0.6) is 0 Å². The van der Waals surface area contributed by atoms with Crippen LogP contribution < -0.4 is 91.6 Å². The molecule has 20 N–H and O–H groups in total. The number of nitrogens with one attached hydrogen (secondary N) is 14. The van der Waals surface area contributed by atoms with Gasteiger partial charge in [0.15, 0.2) is 17.3 Å². The molecule has 3 rings (SSSR count). The largest absolute Gasteiger partial charge is 0.368 e. The Balaban J connectivity index is 0.000000988. The number of nitrogens with two attached hydrogens (primary N) is 3. The Morgan fingerprint density at radius 2 is 0.593 bits per heavy atom. The average molecular weight is 1680 g/mol. The third-order valence-electron chi connectivity index (χ3n) is 17.1. The van der Waals surface area contributed by atoms with Crippen LogP contribution >= 0.6 is 0 Å². The predicted molar refractivity (Wildman–Crippen MR) is 416 cm³/mol. The van der Waals surface area contributed by atoms with E-state index in [1.807, 2.05) is 0 Å². The first kappa shape index (κ1) is 106. The van der Waals surface area contributed by atoms with E-state index in [9.17, 15) is 105 Å². The van der Waals surface area contributed by atoms with Gasteiger partial charge in [0.1, 0.15) is 17.3 Å². The van der Waals surface area contributed by atoms with E-state index in [0.29, 0.717) is 99.4 Å². The number of hydrogen-bond donors (Lipinski definition) is 17. The first-order chi connectivity index (χ1) is 56.1. The van der Waals surface area contributed by atoms with Gasteiger partial charge in [-0.1, -0.05) is 19.3 Å². The second-order valence-electron chi connectivity index (χ2n) is 27.7. The maximum Gasteiger partial charge on any atom is 0.333 e. The number of amides is 13. The van der Waals surface area contributed by atoms with Crippen LogP contribution in [0.2, 0.25) is 0 Å². The standard InChI is InChI=1S/C38H72N12O9.C22H36N6O8.C13H14N2O8/c1-27(51)19-47-31(36(39)57)11-4-8-17-43-25-44-23-30(54)24-49-34(55)14-10-15-35(56)50-26-45-22-29(53)21-42-16-7-5-13-33(41-3)38(59)46-18-9-6-12-32(37(40)58)48-20-28(2)52;1-15(29)11-26-17(22(23)35)5-2-3-10-24-12-16(30)13-25-14-27-18(31)6-4-7-21(34)36-28-19(32)8-9-20(28)33;16-8-4-5-9(17)14(8)22-12(20)2-1-3-13(21)23-15-10(18)6-7-11(15)19/h31-33,41-45,47-48H,4-26H2,1-3H3,(H2,39,57)(H2,40,58)(H,46,59)(H,49,55)(H,50,56);17,24-26H,2-14H2,1H3,(H2,23,35)(H,27,31);1-7H2/t31-,32-,33+;17-;/m00./s1. The van der Waals surface area contributed by atoms with Gasteiger partial charge < -0.3 is 74.2 Å². The number of hydroxylamine groups is 6. The van der Waals surface area contributed by atoms with Gasteiger partial charge in [-0.2, -0.15) is 0 Å². The van der Waals surface area contributed by atoms with E-state index in [4.69, 9.17) is 22.0 Å². The molecule has 0 saturated carbocycles. The molecule has 3 aliphatic heterocycles. The fourth-order valence-electron chi connectivity index (χ4n) is 10.7. The number of imide groups is 3. The van der Waals surface area contributed by atoms with Crippen LogP contribution in [-0.4, -0.2) is 281 Å². The molecule has 118 heavy (non-hydrogen) atoms. The van der Waals surface area contributed by atoms with Gasteiger partial charge in [-0.05, 0) is 125 Å². The highest BCUT2D eigenvalue weighted by atomic mass is 16.7. The third-order valence-corrected chi connectivity index (χ3v) is 17.1. The van der Waals surface area contributed by atoms with Crippen molar-refractivity contribution in [3.63, 3.8) is 0 Å². The summed E-state index contributed by atoms with van der Waals surface area (Å²) in [5, 5.41) is 41.3. The molecule has 45 heteroatoms. The average Bonchev–Trinajstić information content (AvgIpc) is 1.75. The van der Waals surface area contributed by atoms with Crippen molar-refractivity contribution >= 4 is 129 Å². The van der Waals surface area contributed by atoms with Crippen molar-refractivity contribution in [1.82, 2.24) is 89.6 Å². The molecule has 3 aliphatic rings. The summed E-state index contributed by atoms with van der Waals surface area (Å²) < 4.78 is 0. The summed E-state index contributed by atoms with van der Waals surface area (Å²) in [6.45, 7) is 7.75. The Bertz CT molecular complexity index is 3270. The van der Waals surface area contributed by atoms with Crippen molar-refractivity contribution in [2.45, 2.75) is 218 Å². The fourth-order valence-corrected chi connectivity index (χ4v) is 10.7. The van der Waals surface area contributed by atoms with E-state index in [0.717, 1.165) is 32.1 Å². The highest BCUT2D eigenvalue weighted by Crippen LogP contribution is 2.17. The number of carbonyl (C=O) groups is 22. The number of carbonyl (C=O) groups excluding carboxylic acids is 22. The van der Waals surface area contributed by atoms with Crippen molar-refractivity contribution in [3.05, 3.63) is 0 Å². The molecular formula is C73H122N20O25. The van der Waals surface area contributed by atoms with E-state index in [-0.39, 0.29) is 227 Å². The molecule has 3 saturated heterocycles. The summed E-state index contributed by atoms with van der Waals surface area (Å²) in [6.07, 6.45) is 8.04. The van der Waals surface area contributed by atoms with Gasteiger partial charge in [0.2, 0.25) is 41.4 Å². The molecule has 0 aliphatic carbocycles. The Kier molecular flexibility index (Phi) is 57.2. The number of rotatable bonds is 67. The lowest BCUT2D eigenvalue weighted by molar-refractivity contribution is -0.199. The highest BCUT2D eigenvalue weighted by molar-refractivity contribution is 6.03. The monoisotopic (exact) mass is 1680 g/mol. The molecular weight excluding hydrogens is 1560 g/mol. The summed E-state index contributed by atoms with van der Waals surface area (Å²) in [6, 6.07) is -2.04. The number of hydrogen-bond acceptors (Lipinski definition) is 35. The topological polar surface area (TPSA) is 659 Å². The van der Waals surface area contributed by atoms with Crippen molar-refractivity contribution in [1.29, 1.82) is 0 Å². The summed E-state index contributed by atoms with van der Waals surface area (Å²) in [4.78, 5) is 268. The summed E-state index contributed by atoms with van der Waals surface area (Å²) in [7, 11) is 1.72. The molecule has 0 spiro atoms. The smallest absolute Gasteiger partial charge is 0.333 e. The lowest BCUT2D eigenvalue weighted by atomic mass is 10.1. The first-order valence-corrected chi connectivity index (χ1v) is 39.4. The second-order valence-corrected chi connectivity index (χ2v) is 27.7. The van der Waals surface area contributed by atoms with Gasteiger partial charge in [-0.15, -0.1) is 15.2 Å². The quantitative estimate of drug-likeness (QED) is 0.0153. The molecule has 0 aromatic rings. The molecule has 0 bridgehead atoms. The summed E-state index contributed by atoms with van der Waals surface area (Å²) in [5.74, 6) is -9.09. The number of unbranched alkanes of at least 4 members (excludes halogenated alkanes) is 4. The zero-order chi connectivity index (χ0) is 88.2. The Morgan fingerprint density at radius 3 is 0.924 bits per heavy atom. The van der Waals surface area contributed by atoms with Gasteiger partial charge in [0.05, 0.1) is 96.4 Å². The molecule has 13 amide bonds. The van der Waals surface area contributed by atoms with Crippen molar-refractivity contribution < 1.29 is 120 Å². The second kappa shape index (κ2) is 63.8. The Labute approximate surface area is 684 Å². The van der Waals surface area contributed by atoms with Crippen LogP contribution in [0.15, 0.2) is 0 Å². The van der Waals surface area contributed by atoms with E-state index in [1.54, 1.807) is 7.05 Å². The van der Waals surface area contributed by atoms with E-state index in [2.05, 4.69) is 84.1 Å². The number of primary amides is 3. The van der Waals surface area contributed by atoms with E-state index < -0.39 is 89.2 Å². The summed E-state index contributed by atoms with van der Waals surface area (Å²) in [5.41, 5.74) is 16.0. The normalized spacial score (nSPS) is 14.0. The van der Waals surface area contributed by atoms with Crippen molar-refractivity contribution in [3.8, 4) is 0 Å². The molecule has 664 valence electrons. The van der Waals surface area contributed by atoms with Gasteiger partial charge in [0, 0.05) is 90.3 Å². The maximum atomic E-state index is 12.5. The highest BCUT2D eigenvalue weighted by Gasteiger charge is 2.36. The SMILES string of the molecule is CC(=O)CN[C@@H](CCCCNCC(=O)CNCNC(=O)CCCC(=O)ON1C(=O)CCC1=O)C(N)=O.CN[C@H](CCCCNCC(=O)CNCNC(=O)CCCC(=O)NCC(=O)CNCNCCCC[C@H](NCC(C)=O)C(N)=O)C(=O)NCCCC[C@H](NCC(C)=O)C(N)=O.O=C(CCCC(=O)ON1C(=O)CCC1=O)ON1C(=O)CCC1=O. The minimum Gasteiger partial charge on any atom is -0.368 e. The summed E-state index contributed by atoms with van der Waals surface area (Å²) >= 11 is 0. The Morgan fingerprint density at radius 1 is 0.314 bits per heavy atom. The number of nitrogens with zero attached hydrogens (tertiary/aromatic N) is 3. The molecule has 0 unspecified atom stereocenters. The van der Waals surface area contributed by atoms with Gasteiger partial charge in [-0.25, -0.2) is 14.4 Å². The number of likely N-dealkylation sites (N-methyl/N-ethyl adjacent to an activating group) is 1. The maximum absolute atomic E-state index is 12.5. The van der Waals surface area contributed by atoms with E-state index >= 15 is 0 Å². The Hall–Kier alpha value is -10.3. The van der Waals surface area contributed by atoms with Crippen LogP contribution in [0.3, 0.4) is 0 Å². The lowest BCUT2D eigenvalue weighted by Crippen LogP contribution is -2.44. The third kappa shape index (κ3) is 53.1. The number of ketones is 6. The van der Waals surface area contributed by atoms with Gasteiger partial charge in [0.25, 0.3) is 35.4 Å². The van der Waals surface area contributed by atoms with Crippen LogP contribution in [0.25, 0.3) is 0 Å². The van der Waals surface area contributed by atoms with E-state index in [1.165, 1.54) is 20.8 Å². The zero-order valence-electron chi connectivity index (χ0n) is 68.0. The zero-order valence-corrected chi connectivity index (χ0v) is 68.0. The van der Waals surface area contributed by atoms with Crippen LogP contribution in [-0.2, 0) is 120 Å².